The molecule has 0 unspecified atom stereocenters. The lowest BCUT2D eigenvalue weighted by Gasteiger charge is -2.02. The molecular formula is C10H7ClN4. The third-order valence-electron chi connectivity index (χ3n) is 1.93. The highest BCUT2D eigenvalue weighted by Gasteiger charge is 2.05. The van der Waals surface area contributed by atoms with E-state index in [0.717, 1.165) is 5.69 Å². The van der Waals surface area contributed by atoms with Crippen molar-refractivity contribution in [3.63, 3.8) is 0 Å². The van der Waals surface area contributed by atoms with E-state index in [1.54, 1.807) is 36.1 Å². The summed E-state index contributed by atoms with van der Waals surface area (Å²) in [7, 11) is 0. The molecule has 4 nitrogen and oxygen atoms in total. The number of benzene rings is 1. The van der Waals surface area contributed by atoms with Crippen LogP contribution in [0.2, 0.25) is 5.02 Å². The molecule has 74 valence electrons. The lowest BCUT2D eigenvalue weighted by Crippen LogP contribution is -1.96. The van der Waals surface area contributed by atoms with Gasteiger partial charge in [0.1, 0.15) is 12.2 Å². The second-order valence-corrected chi connectivity index (χ2v) is 3.42. The number of halogens is 1. The van der Waals surface area contributed by atoms with Crippen LogP contribution in [0, 0.1) is 18.3 Å². The van der Waals surface area contributed by atoms with Crippen molar-refractivity contribution >= 4 is 11.6 Å². The largest absolute Gasteiger partial charge is 0.220 e. The number of aromatic nitrogens is 3. The Kier molecular flexibility index (Phi) is 2.40. The van der Waals surface area contributed by atoms with Crippen molar-refractivity contribution in [2.45, 2.75) is 6.92 Å². The van der Waals surface area contributed by atoms with E-state index in [-0.39, 0.29) is 0 Å². The molecule has 2 rings (SSSR count). The minimum Gasteiger partial charge on any atom is -0.220 e. The Morgan fingerprint density at radius 1 is 1.47 bits per heavy atom. The van der Waals surface area contributed by atoms with E-state index >= 15 is 0 Å². The maximum absolute atomic E-state index is 8.68. The number of aryl methyl sites for hydroxylation is 1. The fourth-order valence-corrected chi connectivity index (χ4v) is 1.49. The standard InChI is InChI=1S/C10H7ClN4/c1-7-13-6-15(14-7)10-3-2-8(5-12)4-9(10)11/h2-4,6H,1H3. The van der Waals surface area contributed by atoms with Gasteiger partial charge in [-0.25, -0.2) is 9.67 Å². The number of hydrogen-bond acceptors (Lipinski definition) is 3. The first-order chi connectivity index (χ1) is 7.20. The zero-order valence-corrected chi connectivity index (χ0v) is 8.73. The van der Waals surface area contributed by atoms with Gasteiger partial charge in [0.05, 0.1) is 22.3 Å². The van der Waals surface area contributed by atoms with Crippen LogP contribution < -0.4 is 0 Å². The molecule has 15 heavy (non-hydrogen) atoms. The van der Waals surface area contributed by atoms with Crippen LogP contribution in [0.1, 0.15) is 11.4 Å². The molecule has 5 heteroatoms. The monoisotopic (exact) mass is 218 g/mol. The molecule has 1 heterocycles. The summed E-state index contributed by atoms with van der Waals surface area (Å²) >= 11 is 6.01. The van der Waals surface area contributed by atoms with E-state index < -0.39 is 0 Å². The van der Waals surface area contributed by atoms with Gasteiger partial charge in [-0.2, -0.15) is 10.4 Å². The minimum absolute atomic E-state index is 0.485. The van der Waals surface area contributed by atoms with Gasteiger partial charge in [0, 0.05) is 0 Å². The maximum atomic E-state index is 8.68. The third-order valence-corrected chi connectivity index (χ3v) is 2.23. The molecule has 0 bridgehead atoms. The van der Waals surface area contributed by atoms with Crippen LogP contribution in [0.15, 0.2) is 24.5 Å². The molecule has 0 fully saturated rings. The molecule has 2 aromatic rings. The molecular weight excluding hydrogens is 212 g/mol. The topological polar surface area (TPSA) is 54.5 Å². The van der Waals surface area contributed by atoms with Crippen molar-refractivity contribution in [1.29, 1.82) is 5.26 Å². The maximum Gasteiger partial charge on any atom is 0.147 e. The Morgan fingerprint density at radius 2 is 2.27 bits per heavy atom. The molecule has 1 aromatic carbocycles. The molecule has 0 aliphatic heterocycles. The number of hydrogen-bond donors (Lipinski definition) is 0. The highest BCUT2D eigenvalue weighted by atomic mass is 35.5. The van der Waals surface area contributed by atoms with Crippen LogP contribution in [0.3, 0.4) is 0 Å². The van der Waals surface area contributed by atoms with Gasteiger partial charge < -0.3 is 0 Å². The van der Waals surface area contributed by atoms with E-state index in [4.69, 9.17) is 16.9 Å². The van der Waals surface area contributed by atoms with Crippen LogP contribution >= 0.6 is 11.6 Å². The molecule has 0 saturated carbocycles. The highest BCUT2D eigenvalue weighted by Crippen LogP contribution is 2.20. The molecule has 0 aliphatic carbocycles. The smallest absolute Gasteiger partial charge is 0.147 e. The summed E-state index contributed by atoms with van der Waals surface area (Å²) in [5, 5.41) is 13.3. The lowest BCUT2D eigenvalue weighted by molar-refractivity contribution is 0.862. The average molecular weight is 219 g/mol. The van der Waals surface area contributed by atoms with Crippen molar-refractivity contribution in [2.24, 2.45) is 0 Å². The molecule has 1 aromatic heterocycles. The summed E-state index contributed by atoms with van der Waals surface area (Å²) in [6, 6.07) is 7.06. The second kappa shape index (κ2) is 3.71. The molecule has 0 atom stereocenters. The Hall–Kier alpha value is -1.86. The molecule has 0 saturated heterocycles. The van der Waals surface area contributed by atoms with E-state index in [1.165, 1.54) is 0 Å². The second-order valence-electron chi connectivity index (χ2n) is 3.01. The summed E-state index contributed by atoms with van der Waals surface area (Å²) in [4.78, 5) is 4.00. The van der Waals surface area contributed by atoms with Crippen molar-refractivity contribution < 1.29 is 0 Å². The summed E-state index contributed by atoms with van der Waals surface area (Å²) in [6.45, 7) is 1.80. The summed E-state index contributed by atoms with van der Waals surface area (Å²) < 4.78 is 1.58. The molecule has 0 amide bonds. The Morgan fingerprint density at radius 3 is 2.80 bits per heavy atom. The van der Waals surface area contributed by atoms with Crippen LogP contribution in [-0.4, -0.2) is 14.8 Å². The fraction of sp³-hybridized carbons (Fsp3) is 0.100. The number of nitriles is 1. The third kappa shape index (κ3) is 1.83. The van der Waals surface area contributed by atoms with E-state index in [0.29, 0.717) is 16.4 Å². The van der Waals surface area contributed by atoms with Gasteiger partial charge in [0.25, 0.3) is 0 Å². The quantitative estimate of drug-likeness (QED) is 0.737. The van der Waals surface area contributed by atoms with Crippen LogP contribution in [-0.2, 0) is 0 Å². The van der Waals surface area contributed by atoms with Gasteiger partial charge in [0.2, 0.25) is 0 Å². The van der Waals surface area contributed by atoms with Crippen molar-refractivity contribution in [1.82, 2.24) is 14.8 Å². The Labute approximate surface area is 91.7 Å². The van der Waals surface area contributed by atoms with Crippen LogP contribution in [0.5, 0.6) is 0 Å². The van der Waals surface area contributed by atoms with Gasteiger partial charge >= 0.3 is 0 Å². The van der Waals surface area contributed by atoms with Gasteiger partial charge in [-0.15, -0.1) is 0 Å². The first-order valence-corrected chi connectivity index (χ1v) is 4.67. The fourth-order valence-electron chi connectivity index (χ4n) is 1.22. The van der Waals surface area contributed by atoms with Crippen LogP contribution in [0.25, 0.3) is 5.69 Å². The molecule has 0 radical (unpaired) electrons. The average Bonchev–Trinajstić information content (AvgIpc) is 2.64. The minimum atomic E-state index is 0.485. The van der Waals surface area contributed by atoms with Crippen molar-refractivity contribution in [2.75, 3.05) is 0 Å². The summed E-state index contributed by atoms with van der Waals surface area (Å²) in [5.74, 6) is 0.676. The van der Waals surface area contributed by atoms with Crippen molar-refractivity contribution in [3.05, 3.63) is 40.9 Å². The first-order valence-electron chi connectivity index (χ1n) is 4.29. The Bertz CT molecular complexity index is 539. The van der Waals surface area contributed by atoms with Crippen molar-refractivity contribution in [3.8, 4) is 11.8 Å². The summed E-state index contributed by atoms with van der Waals surface area (Å²) in [5.41, 5.74) is 1.25. The van der Waals surface area contributed by atoms with E-state index in [9.17, 15) is 0 Å². The lowest BCUT2D eigenvalue weighted by atomic mass is 10.2. The SMILES string of the molecule is Cc1ncn(-c2ccc(C#N)cc2Cl)n1. The number of rotatable bonds is 1. The van der Waals surface area contributed by atoms with Gasteiger partial charge in [-0.1, -0.05) is 11.6 Å². The van der Waals surface area contributed by atoms with Gasteiger partial charge in [0.15, 0.2) is 0 Å². The first kappa shape index (κ1) is 9.69. The van der Waals surface area contributed by atoms with E-state index in [1.807, 2.05) is 6.07 Å². The molecule has 0 aliphatic rings. The predicted octanol–water partition coefficient (Wildman–Crippen LogP) is 2.10. The van der Waals surface area contributed by atoms with Crippen LogP contribution in [0.4, 0.5) is 0 Å². The molecule has 0 spiro atoms. The van der Waals surface area contributed by atoms with Gasteiger partial charge in [-0.05, 0) is 25.1 Å². The zero-order chi connectivity index (χ0) is 10.8. The predicted molar refractivity (Wildman–Crippen MR) is 55.8 cm³/mol. The zero-order valence-electron chi connectivity index (χ0n) is 7.98. The normalized spacial score (nSPS) is 9.93. The summed E-state index contributed by atoms with van der Waals surface area (Å²) in [6.07, 6.45) is 1.59. The van der Waals surface area contributed by atoms with Gasteiger partial charge in [-0.3, -0.25) is 0 Å². The van der Waals surface area contributed by atoms with E-state index in [2.05, 4.69) is 10.1 Å². The number of nitrogens with zero attached hydrogens (tertiary/aromatic N) is 4. The molecule has 0 N–H and O–H groups in total. The highest BCUT2D eigenvalue weighted by molar-refractivity contribution is 6.32. The Balaban J connectivity index is 2.51.